The quantitative estimate of drug-likeness (QED) is 0.489. The third-order valence-corrected chi connectivity index (χ3v) is 6.07. The van der Waals surface area contributed by atoms with E-state index in [1.165, 1.54) is 12.1 Å². The normalized spacial score (nSPS) is 26.4. The number of urea groups is 1. The number of hydrogen-bond acceptors (Lipinski definition) is 5. The van der Waals surface area contributed by atoms with Crippen LogP contribution in [0.25, 0.3) is 0 Å². The molecule has 0 aromatic heterocycles. The van der Waals surface area contributed by atoms with Gasteiger partial charge in [-0.15, -0.1) is 0 Å². The van der Waals surface area contributed by atoms with E-state index in [-0.39, 0.29) is 30.0 Å². The van der Waals surface area contributed by atoms with Crippen molar-refractivity contribution < 1.29 is 19.5 Å². The van der Waals surface area contributed by atoms with Gasteiger partial charge in [0.1, 0.15) is 11.3 Å². The fourth-order valence-electron chi connectivity index (χ4n) is 4.56. The van der Waals surface area contributed by atoms with Crippen LogP contribution in [0.4, 0.5) is 4.79 Å². The number of rotatable bonds is 4. The maximum absolute atomic E-state index is 13.0. The van der Waals surface area contributed by atoms with Crippen molar-refractivity contribution in [2.24, 2.45) is 11.8 Å². The monoisotopic (exact) mass is 434 g/mol. The molecule has 1 aliphatic carbocycles. The van der Waals surface area contributed by atoms with Gasteiger partial charge in [-0.1, -0.05) is 43.1 Å². The predicted molar refractivity (Wildman–Crippen MR) is 118 cm³/mol. The van der Waals surface area contributed by atoms with Crippen molar-refractivity contribution in [3.63, 3.8) is 0 Å². The Morgan fingerprint density at radius 3 is 2.72 bits per heavy atom. The Morgan fingerprint density at radius 1 is 1.28 bits per heavy atom. The number of nitrogens with one attached hydrogen (secondary N) is 2. The number of benzene rings is 1. The highest BCUT2D eigenvalue weighted by molar-refractivity contribution is 6.08. The van der Waals surface area contributed by atoms with E-state index in [1.807, 2.05) is 44.1 Å². The molecule has 0 radical (unpaired) electrons. The molecular weight excluding hydrogens is 408 g/mol. The number of aromatic hydroxyl groups is 1. The van der Waals surface area contributed by atoms with Gasteiger partial charge in [-0.05, 0) is 37.7 Å². The summed E-state index contributed by atoms with van der Waals surface area (Å²) >= 11 is 0. The molecular formula is C24H26N4O4. The van der Waals surface area contributed by atoms with Crippen LogP contribution >= 0.6 is 0 Å². The van der Waals surface area contributed by atoms with E-state index in [0.29, 0.717) is 18.7 Å². The summed E-state index contributed by atoms with van der Waals surface area (Å²) in [6.45, 7) is 2.94. The van der Waals surface area contributed by atoms with Crippen molar-refractivity contribution in [2.75, 3.05) is 27.2 Å². The molecule has 3 aliphatic rings. The van der Waals surface area contributed by atoms with E-state index < -0.39 is 17.5 Å². The average molecular weight is 434 g/mol. The van der Waals surface area contributed by atoms with Crippen molar-refractivity contribution in [1.29, 1.82) is 0 Å². The minimum atomic E-state index is -1.30. The van der Waals surface area contributed by atoms with Crippen molar-refractivity contribution in [3.05, 3.63) is 53.1 Å². The van der Waals surface area contributed by atoms with Gasteiger partial charge in [-0.2, -0.15) is 0 Å². The molecule has 8 heteroatoms. The maximum Gasteiger partial charge on any atom is 0.322 e. The van der Waals surface area contributed by atoms with Crippen LogP contribution in [0.5, 0.6) is 5.75 Å². The number of fused-ring (bicyclic) bond motifs is 1. The fraction of sp³-hybridized carbons (Fsp3) is 0.375. The van der Waals surface area contributed by atoms with Gasteiger partial charge in [-0.3, -0.25) is 19.8 Å². The summed E-state index contributed by atoms with van der Waals surface area (Å²) in [6, 6.07) is 4.10. The second kappa shape index (κ2) is 8.17. The number of hydrogen-bond donors (Lipinski definition) is 3. The van der Waals surface area contributed by atoms with E-state index in [0.717, 1.165) is 11.1 Å². The van der Waals surface area contributed by atoms with Crippen LogP contribution in [0, 0.1) is 23.7 Å². The lowest BCUT2D eigenvalue weighted by Gasteiger charge is -2.39. The Hall–Kier alpha value is -3.57. The molecule has 0 spiro atoms. The summed E-state index contributed by atoms with van der Waals surface area (Å²) in [7, 11) is 3.89. The average Bonchev–Trinajstić information content (AvgIpc) is 3.17. The lowest BCUT2D eigenvalue weighted by atomic mass is 9.72. The van der Waals surface area contributed by atoms with Crippen LogP contribution in [0.1, 0.15) is 22.8 Å². The summed E-state index contributed by atoms with van der Waals surface area (Å²) in [5.74, 6) is 5.05. The lowest BCUT2D eigenvalue weighted by Crippen LogP contribution is -2.61. The summed E-state index contributed by atoms with van der Waals surface area (Å²) < 4.78 is 0. The third-order valence-electron chi connectivity index (χ3n) is 6.07. The molecule has 1 aromatic carbocycles. The minimum Gasteiger partial charge on any atom is -0.508 e. The summed E-state index contributed by atoms with van der Waals surface area (Å²) in [4.78, 5) is 41.7. The zero-order valence-electron chi connectivity index (χ0n) is 18.3. The number of allylic oxidation sites excluding steroid dienone is 3. The first-order valence-electron chi connectivity index (χ1n) is 10.5. The number of phenolic OH excluding ortho intramolecular Hbond substituents is 1. The Morgan fingerprint density at radius 2 is 2.06 bits per heavy atom. The number of carbonyl (C=O) groups excluding carboxylic acids is 3. The number of imide groups is 1. The molecule has 1 aromatic rings. The first-order chi connectivity index (χ1) is 15.2. The first-order valence-corrected chi connectivity index (χ1v) is 10.5. The predicted octanol–water partition coefficient (Wildman–Crippen LogP) is 1.24. The van der Waals surface area contributed by atoms with Crippen molar-refractivity contribution in [2.45, 2.75) is 19.0 Å². The topological polar surface area (TPSA) is 102 Å². The van der Waals surface area contributed by atoms with Gasteiger partial charge in [0.25, 0.3) is 11.8 Å². The van der Waals surface area contributed by atoms with Crippen LogP contribution in [0.15, 0.2) is 42.0 Å². The summed E-state index contributed by atoms with van der Waals surface area (Å²) in [5, 5.41) is 14.9. The molecule has 2 unspecified atom stereocenters. The van der Waals surface area contributed by atoms with Crippen molar-refractivity contribution >= 4 is 17.8 Å². The molecule has 8 nitrogen and oxygen atoms in total. The molecule has 166 valence electrons. The molecule has 3 atom stereocenters. The van der Waals surface area contributed by atoms with Gasteiger partial charge in [0, 0.05) is 23.6 Å². The molecule has 0 bridgehead atoms. The second-order valence-electron chi connectivity index (χ2n) is 8.79. The zero-order valence-corrected chi connectivity index (χ0v) is 18.3. The van der Waals surface area contributed by atoms with Crippen LogP contribution in [-0.4, -0.2) is 65.5 Å². The second-order valence-corrected chi connectivity index (χ2v) is 8.79. The Bertz CT molecular complexity index is 1110. The van der Waals surface area contributed by atoms with E-state index in [4.69, 9.17) is 0 Å². The minimum absolute atomic E-state index is 0.0115. The van der Waals surface area contributed by atoms with Crippen molar-refractivity contribution in [1.82, 2.24) is 20.4 Å². The van der Waals surface area contributed by atoms with Crippen LogP contribution in [0.2, 0.25) is 0 Å². The molecule has 3 N–H and O–H groups in total. The Balaban J connectivity index is 1.60. The van der Waals surface area contributed by atoms with Gasteiger partial charge >= 0.3 is 6.03 Å². The molecule has 1 saturated heterocycles. The molecule has 32 heavy (non-hydrogen) atoms. The van der Waals surface area contributed by atoms with Gasteiger partial charge in [0.2, 0.25) is 0 Å². The zero-order chi connectivity index (χ0) is 23.0. The molecule has 4 rings (SSSR count). The van der Waals surface area contributed by atoms with E-state index >= 15 is 0 Å². The van der Waals surface area contributed by atoms with E-state index in [2.05, 4.69) is 22.5 Å². The van der Waals surface area contributed by atoms with Crippen LogP contribution < -0.4 is 10.6 Å². The largest absolute Gasteiger partial charge is 0.508 e. The SMILES string of the molecule is CC1C=C(C#CCN(C)C)C=CC1[C@]1(CN2Cc3ccc(O)cc3C2=O)NC(=O)NC1=O. The Kier molecular flexibility index (Phi) is 5.53. The first kappa shape index (κ1) is 21.7. The summed E-state index contributed by atoms with van der Waals surface area (Å²) in [6.07, 6.45) is 5.76. The number of carbonyl (C=O) groups is 3. The van der Waals surface area contributed by atoms with Crippen molar-refractivity contribution in [3.8, 4) is 17.6 Å². The number of amides is 4. The van der Waals surface area contributed by atoms with Crippen LogP contribution in [-0.2, 0) is 11.3 Å². The van der Waals surface area contributed by atoms with Gasteiger partial charge < -0.3 is 15.3 Å². The smallest absolute Gasteiger partial charge is 0.322 e. The molecule has 2 heterocycles. The highest BCUT2D eigenvalue weighted by atomic mass is 16.3. The fourth-order valence-corrected chi connectivity index (χ4v) is 4.56. The molecule has 4 amide bonds. The highest BCUT2D eigenvalue weighted by Crippen LogP contribution is 2.37. The highest BCUT2D eigenvalue weighted by Gasteiger charge is 2.54. The molecule has 1 fully saturated rings. The number of nitrogens with zero attached hydrogens (tertiary/aromatic N) is 2. The molecule has 2 aliphatic heterocycles. The van der Waals surface area contributed by atoms with E-state index in [9.17, 15) is 19.5 Å². The van der Waals surface area contributed by atoms with E-state index in [1.54, 1.807) is 11.0 Å². The standard InChI is InChI=1S/C24H26N4O4/c1-15-11-16(5-4-10-27(2)3)6-9-20(15)24(22(31)25-23(32)26-24)14-28-13-17-7-8-18(29)12-19(17)21(28)30/h6-9,11-12,15,20,29H,10,13-14H2,1-3H3,(H2,25,26,31,32)/t15?,20?,24-/m0/s1. The summed E-state index contributed by atoms with van der Waals surface area (Å²) in [5.41, 5.74) is 0.746. The lowest BCUT2D eigenvalue weighted by molar-refractivity contribution is -0.126. The third kappa shape index (κ3) is 3.87. The van der Waals surface area contributed by atoms with Crippen LogP contribution in [0.3, 0.4) is 0 Å². The maximum atomic E-state index is 13.0. The van der Waals surface area contributed by atoms with Gasteiger partial charge in [-0.25, -0.2) is 4.79 Å². The van der Waals surface area contributed by atoms with Gasteiger partial charge in [0.15, 0.2) is 0 Å². The van der Waals surface area contributed by atoms with Gasteiger partial charge in [0.05, 0.1) is 13.1 Å². The number of phenols is 1. The Labute approximate surface area is 187 Å². The molecule has 0 saturated carbocycles.